The van der Waals surface area contributed by atoms with Crippen molar-refractivity contribution in [3.63, 3.8) is 0 Å². The van der Waals surface area contributed by atoms with Crippen LogP contribution < -0.4 is 11.1 Å². The third-order valence-corrected chi connectivity index (χ3v) is 4.33. The first-order valence-corrected chi connectivity index (χ1v) is 7.33. The second kappa shape index (κ2) is 4.64. The van der Waals surface area contributed by atoms with Crippen molar-refractivity contribution in [3.8, 4) is 0 Å². The van der Waals surface area contributed by atoms with Gasteiger partial charge in [-0.05, 0) is 32.3 Å². The lowest BCUT2D eigenvalue weighted by Crippen LogP contribution is -2.34. The van der Waals surface area contributed by atoms with E-state index >= 15 is 0 Å². The summed E-state index contributed by atoms with van der Waals surface area (Å²) >= 11 is 5.31. The highest BCUT2D eigenvalue weighted by Crippen LogP contribution is 2.35. The molecule has 0 aliphatic rings. The summed E-state index contributed by atoms with van der Waals surface area (Å²) in [6, 6.07) is 18.0. The molecule has 3 N–H and O–H groups in total. The zero-order chi connectivity index (χ0) is 15.3. The Kier molecular flexibility index (Phi) is 2.74. The minimum atomic E-state index is -0.643. The van der Waals surface area contributed by atoms with E-state index in [-0.39, 0.29) is 0 Å². The van der Waals surface area contributed by atoms with Gasteiger partial charge in [0.05, 0.1) is 0 Å². The summed E-state index contributed by atoms with van der Waals surface area (Å²) in [6.07, 6.45) is 0. The molecule has 4 heteroatoms. The molecule has 4 rings (SSSR count). The Labute approximate surface area is 132 Å². The number of rotatable bonds is 1. The summed E-state index contributed by atoms with van der Waals surface area (Å²) in [6.45, 7) is 0. The minimum absolute atomic E-state index is 0.352. The number of hydrogen-bond donors (Lipinski definition) is 2. The largest absolute Gasteiger partial charge is 0.351 e. The molecule has 0 heterocycles. The van der Waals surface area contributed by atoms with Crippen LogP contribution in [0.3, 0.4) is 0 Å². The van der Waals surface area contributed by atoms with Gasteiger partial charge in [-0.3, -0.25) is 5.32 Å². The van der Waals surface area contributed by atoms with E-state index in [4.69, 9.17) is 18.0 Å². The van der Waals surface area contributed by atoms with E-state index in [2.05, 4.69) is 47.8 Å². The molecule has 22 heavy (non-hydrogen) atoms. The van der Waals surface area contributed by atoms with Crippen molar-refractivity contribution in [1.82, 2.24) is 5.32 Å². The van der Waals surface area contributed by atoms with Gasteiger partial charge >= 0.3 is 6.03 Å². The van der Waals surface area contributed by atoms with Crippen LogP contribution in [-0.2, 0) is 0 Å². The quantitative estimate of drug-likeness (QED) is 0.413. The zero-order valence-electron chi connectivity index (χ0n) is 11.6. The summed E-state index contributed by atoms with van der Waals surface area (Å²) in [7, 11) is 0. The third-order valence-electron chi connectivity index (χ3n) is 4.01. The normalized spacial score (nSPS) is 11.3. The summed E-state index contributed by atoms with van der Waals surface area (Å²) in [5, 5.41) is 9.47. The van der Waals surface area contributed by atoms with Gasteiger partial charge in [0.25, 0.3) is 0 Å². The fraction of sp³-hybridized carbons (Fsp3) is 0. The molecule has 0 saturated carbocycles. The van der Waals surface area contributed by atoms with E-state index in [0.29, 0.717) is 4.99 Å². The van der Waals surface area contributed by atoms with Crippen LogP contribution in [0.4, 0.5) is 4.79 Å². The second-order valence-electron chi connectivity index (χ2n) is 5.29. The van der Waals surface area contributed by atoms with Crippen molar-refractivity contribution in [2.45, 2.75) is 0 Å². The molecule has 0 fully saturated rings. The Morgan fingerprint density at radius 1 is 0.864 bits per heavy atom. The Hall–Kier alpha value is -2.72. The molecule has 2 amide bonds. The number of urea groups is 1. The Balaban J connectivity index is 2.12. The summed E-state index contributed by atoms with van der Waals surface area (Å²) in [5.41, 5.74) is 6.00. The number of benzene rings is 4. The van der Waals surface area contributed by atoms with Crippen LogP contribution in [0.25, 0.3) is 32.3 Å². The number of thiocarbonyl (C=S) groups is 1. The van der Waals surface area contributed by atoms with Gasteiger partial charge in [0.15, 0.2) is 0 Å². The average molecular weight is 304 g/mol. The predicted molar refractivity (Wildman–Crippen MR) is 94.6 cm³/mol. The molecule has 3 nitrogen and oxygen atoms in total. The van der Waals surface area contributed by atoms with Crippen LogP contribution in [0.5, 0.6) is 0 Å². The van der Waals surface area contributed by atoms with Crippen molar-refractivity contribution < 1.29 is 4.79 Å². The zero-order valence-corrected chi connectivity index (χ0v) is 12.4. The van der Waals surface area contributed by atoms with Crippen molar-refractivity contribution in [1.29, 1.82) is 0 Å². The summed E-state index contributed by atoms with van der Waals surface area (Å²) in [5.74, 6) is 0. The first-order valence-electron chi connectivity index (χ1n) is 6.92. The van der Waals surface area contributed by atoms with Crippen LogP contribution in [0.15, 0.2) is 54.6 Å². The number of nitrogens with two attached hydrogens (primary N) is 1. The first-order chi connectivity index (χ1) is 10.6. The van der Waals surface area contributed by atoms with E-state index < -0.39 is 6.03 Å². The van der Waals surface area contributed by atoms with Gasteiger partial charge < -0.3 is 5.73 Å². The van der Waals surface area contributed by atoms with Gasteiger partial charge in [-0.15, -0.1) is 0 Å². The van der Waals surface area contributed by atoms with Crippen molar-refractivity contribution >= 4 is 55.6 Å². The maximum atomic E-state index is 11.1. The van der Waals surface area contributed by atoms with E-state index in [9.17, 15) is 4.79 Å². The van der Waals surface area contributed by atoms with Crippen LogP contribution >= 0.6 is 12.2 Å². The second-order valence-corrected chi connectivity index (χ2v) is 5.70. The lowest BCUT2D eigenvalue weighted by atomic mass is 9.92. The highest BCUT2D eigenvalue weighted by molar-refractivity contribution is 7.80. The van der Waals surface area contributed by atoms with Crippen molar-refractivity contribution in [3.05, 3.63) is 60.2 Å². The molecule has 106 valence electrons. The topological polar surface area (TPSA) is 55.1 Å². The van der Waals surface area contributed by atoms with E-state index in [0.717, 1.165) is 16.3 Å². The molecule has 0 aliphatic carbocycles. The molecule has 0 saturated heterocycles. The van der Waals surface area contributed by atoms with E-state index in [1.807, 2.05) is 12.1 Å². The Morgan fingerprint density at radius 2 is 1.45 bits per heavy atom. The predicted octanol–water partition coefficient (Wildman–Crippen LogP) is 3.93. The van der Waals surface area contributed by atoms with Gasteiger partial charge in [0.1, 0.15) is 4.99 Å². The van der Waals surface area contributed by atoms with Crippen LogP contribution in [0.1, 0.15) is 5.56 Å². The van der Waals surface area contributed by atoms with Gasteiger partial charge in [0.2, 0.25) is 0 Å². The SMILES string of the molecule is NC(=O)NC(=S)c1ccc2ccc3cccc4ccc1c2c34. The molecule has 4 aromatic rings. The average Bonchev–Trinajstić information content (AvgIpc) is 2.51. The molecule has 0 spiro atoms. The number of primary amides is 1. The molecule has 0 bridgehead atoms. The number of carbonyl (C=O) groups excluding carboxylic acids is 1. The molecule has 0 unspecified atom stereocenters. The molecule has 0 aliphatic heterocycles. The maximum Gasteiger partial charge on any atom is 0.317 e. The Morgan fingerprint density at radius 3 is 2.14 bits per heavy atom. The van der Waals surface area contributed by atoms with Crippen LogP contribution in [-0.4, -0.2) is 11.0 Å². The van der Waals surface area contributed by atoms with Crippen molar-refractivity contribution in [2.75, 3.05) is 0 Å². The first kappa shape index (κ1) is 13.0. The maximum absolute atomic E-state index is 11.1. The van der Waals surface area contributed by atoms with E-state index in [1.165, 1.54) is 21.5 Å². The molecular formula is C18H12N2OS. The Bertz CT molecular complexity index is 1040. The van der Waals surface area contributed by atoms with Crippen LogP contribution in [0.2, 0.25) is 0 Å². The highest BCUT2D eigenvalue weighted by atomic mass is 32.1. The minimum Gasteiger partial charge on any atom is -0.351 e. The summed E-state index contributed by atoms with van der Waals surface area (Å²) < 4.78 is 0. The van der Waals surface area contributed by atoms with Gasteiger partial charge in [-0.1, -0.05) is 66.8 Å². The monoisotopic (exact) mass is 304 g/mol. The number of nitrogens with one attached hydrogen (secondary N) is 1. The van der Waals surface area contributed by atoms with Crippen LogP contribution in [0, 0.1) is 0 Å². The summed E-state index contributed by atoms with van der Waals surface area (Å²) in [4.78, 5) is 11.4. The number of amides is 2. The third kappa shape index (κ3) is 1.81. The fourth-order valence-corrected chi connectivity index (χ4v) is 3.39. The van der Waals surface area contributed by atoms with Crippen molar-refractivity contribution in [2.24, 2.45) is 5.73 Å². The lowest BCUT2D eigenvalue weighted by molar-refractivity contribution is 0.253. The van der Waals surface area contributed by atoms with E-state index in [1.54, 1.807) is 0 Å². The van der Waals surface area contributed by atoms with Gasteiger partial charge in [0, 0.05) is 5.56 Å². The fourth-order valence-electron chi connectivity index (χ4n) is 3.11. The highest BCUT2D eigenvalue weighted by Gasteiger charge is 2.13. The molecule has 4 aromatic carbocycles. The molecular weight excluding hydrogens is 292 g/mol. The number of hydrogen-bond acceptors (Lipinski definition) is 2. The number of carbonyl (C=O) groups is 1. The smallest absolute Gasteiger partial charge is 0.317 e. The standard InChI is InChI=1S/C18H12N2OS/c19-18(21)20-17(22)14-9-7-12-5-4-10-2-1-3-11-6-8-13(14)16(12)15(10)11/h1-9H,(H3,19,20,21,22). The lowest BCUT2D eigenvalue weighted by Gasteiger charge is -2.14. The molecule has 0 aromatic heterocycles. The molecule has 0 radical (unpaired) electrons. The molecule has 0 atom stereocenters. The van der Waals surface area contributed by atoms with Gasteiger partial charge in [-0.25, -0.2) is 4.79 Å². The van der Waals surface area contributed by atoms with Gasteiger partial charge in [-0.2, -0.15) is 0 Å².